The highest BCUT2D eigenvalue weighted by Crippen LogP contribution is 2.22. The molecule has 2 aromatic heterocycles. The number of hydrogen-bond donors (Lipinski definition) is 2. The molecule has 2 N–H and O–H groups in total. The lowest BCUT2D eigenvalue weighted by Crippen LogP contribution is -2.08. The molecule has 7 nitrogen and oxygen atoms in total. The van der Waals surface area contributed by atoms with Gasteiger partial charge in [0.25, 0.3) is 0 Å². The van der Waals surface area contributed by atoms with Gasteiger partial charge >= 0.3 is 5.97 Å². The van der Waals surface area contributed by atoms with Crippen LogP contribution in [0.25, 0.3) is 11.0 Å². The molecule has 20 heavy (non-hydrogen) atoms. The highest BCUT2D eigenvalue weighted by molar-refractivity contribution is 6.01. The Bertz CT molecular complexity index is 781. The lowest BCUT2D eigenvalue weighted by atomic mass is 10.2. The molecule has 0 radical (unpaired) electrons. The molecule has 1 unspecified atom stereocenters. The third-order valence-electron chi connectivity index (χ3n) is 3.03. The SMILES string of the molecule is CC(c1nc2c(C(=O)O)cc(F)cc2[nH]1)n1cncn1. The molecule has 0 amide bonds. The van der Waals surface area contributed by atoms with Crippen LogP contribution >= 0.6 is 0 Å². The van der Waals surface area contributed by atoms with Crippen molar-refractivity contribution in [2.24, 2.45) is 0 Å². The number of aromatic carboxylic acids is 1. The maximum atomic E-state index is 13.4. The van der Waals surface area contributed by atoms with Gasteiger partial charge in [-0.1, -0.05) is 0 Å². The lowest BCUT2D eigenvalue weighted by molar-refractivity contribution is 0.0698. The van der Waals surface area contributed by atoms with E-state index in [1.165, 1.54) is 18.7 Å². The zero-order valence-corrected chi connectivity index (χ0v) is 10.4. The highest BCUT2D eigenvalue weighted by atomic mass is 19.1. The Kier molecular flexibility index (Phi) is 2.70. The molecule has 0 fully saturated rings. The first kappa shape index (κ1) is 12.3. The van der Waals surface area contributed by atoms with Crippen LogP contribution in [-0.2, 0) is 0 Å². The summed E-state index contributed by atoms with van der Waals surface area (Å²) < 4.78 is 15.0. The second-order valence-electron chi connectivity index (χ2n) is 4.33. The van der Waals surface area contributed by atoms with E-state index in [-0.39, 0.29) is 17.1 Å². The number of carbonyl (C=O) groups is 1. The second-order valence-corrected chi connectivity index (χ2v) is 4.33. The van der Waals surface area contributed by atoms with Gasteiger partial charge in [0, 0.05) is 0 Å². The summed E-state index contributed by atoms with van der Waals surface area (Å²) in [5, 5.41) is 13.1. The van der Waals surface area contributed by atoms with Crippen molar-refractivity contribution in [1.29, 1.82) is 0 Å². The van der Waals surface area contributed by atoms with E-state index in [2.05, 4.69) is 20.1 Å². The number of aromatic amines is 1. The summed E-state index contributed by atoms with van der Waals surface area (Å²) in [4.78, 5) is 22.1. The summed E-state index contributed by atoms with van der Waals surface area (Å²) in [6, 6.07) is 1.90. The van der Waals surface area contributed by atoms with Gasteiger partial charge in [0.05, 0.1) is 11.1 Å². The zero-order chi connectivity index (χ0) is 14.3. The third-order valence-corrected chi connectivity index (χ3v) is 3.03. The molecule has 102 valence electrons. The van der Waals surface area contributed by atoms with Gasteiger partial charge < -0.3 is 10.1 Å². The van der Waals surface area contributed by atoms with Crippen molar-refractivity contribution in [3.8, 4) is 0 Å². The summed E-state index contributed by atoms with van der Waals surface area (Å²) >= 11 is 0. The fourth-order valence-electron chi connectivity index (χ4n) is 2.00. The van der Waals surface area contributed by atoms with Gasteiger partial charge in [0.1, 0.15) is 35.9 Å². The number of hydrogen-bond acceptors (Lipinski definition) is 4. The molecule has 0 aliphatic carbocycles. The Morgan fingerprint density at radius 3 is 2.95 bits per heavy atom. The van der Waals surface area contributed by atoms with Crippen molar-refractivity contribution >= 4 is 17.0 Å². The van der Waals surface area contributed by atoms with Gasteiger partial charge in [-0.2, -0.15) is 5.10 Å². The lowest BCUT2D eigenvalue weighted by Gasteiger charge is -2.07. The summed E-state index contributed by atoms with van der Waals surface area (Å²) in [5.74, 6) is -1.36. The number of imidazole rings is 1. The second kappa shape index (κ2) is 4.41. The normalized spacial score (nSPS) is 12.7. The Morgan fingerprint density at radius 2 is 2.30 bits per heavy atom. The largest absolute Gasteiger partial charge is 0.478 e. The number of fused-ring (bicyclic) bond motifs is 1. The van der Waals surface area contributed by atoms with E-state index in [1.807, 2.05) is 6.92 Å². The molecule has 0 spiro atoms. The molecule has 0 aliphatic rings. The maximum absolute atomic E-state index is 13.4. The van der Waals surface area contributed by atoms with Gasteiger partial charge in [-0.3, -0.25) is 0 Å². The molecule has 3 aromatic rings. The molecule has 0 bridgehead atoms. The molecule has 8 heteroatoms. The van der Waals surface area contributed by atoms with Gasteiger partial charge in [-0.15, -0.1) is 0 Å². The molecule has 1 aromatic carbocycles. The average molecular weight is 275 g/mol. The molecule has 0 saturated heterocycles. The molecule has 0 saturated carbocycles. The molecule has 1 atom stereocenters. The van der Waals surface area contributed by atoms with Crippen molar-refractivity contribution < 1.29 is 14.3 Å². The number of carboxylic acids is 1. The predicted molar refractivity (Wildman–Crippen MR) is 66.8 cm³/mol. The molecular weight excluding hydrogens is 265 g/mol. The zero-order valence-electron chi connectivity index (χ0n) is 10.4. The third kappa shape index (κ3) is 1.91. The van der Waals surface area contributed by atoms with E-state index >= 15 is 0 Å². The minimum absolute atomic E-state index is 0.173. The topological polar surface area (TPSA) is 96.7 Å². The van der Waals surface area contributed by atoms with Crippen LogP contribution in [0.5, 0.6) is 0 Å². The summed E-state index contributed by atoms with van der Waals surface area (Å²) in [6.07, 6.45) is 2.91. The summed E-state index contributed by atoms with van der Waals surface area (Å²) in [5.41, 5.74) is 0.388. The minimum atomic E-state index is -1.22. The molecule has 2 heterocycles. The summed E-state index contributed by atoms with van der Waals surface area (Å²) in [7, 11) is 0. The minimum Gasteiger partial charge on any atom is -0.478 e. The van der Waals surface area contributed by atoms with E-state index < -0.39 is 11.8 Å². The van der Waals surface area contributed by atoms with Crippen LogP contribution in [0.15, 0.2) is 24.8 Å². The predicted octanol–water partition coefficient (Wildman–Crippen LogP) is 1.60. The first-order valence-electron chi connectivity index (χ1n) is 5.83. The van der Waals surface area contributed by atoms with Gasteiger partial charge in [-0.25, -0.2) is 23.8 Å². The monoisotopic (exact) mass is 275 g/mol. The van der Waals surface area contributed by atoms with Gasteiger partial charge in [0.15, 0.2) is 0 Å². The standard InChI is InChI=1S/C12H10FN5O2/c1-6(18-5-14-4-15-18)11-16-9-3-7(13)2-8(12(19)20)10(9)17-11/h2-6H,1H3,(H,16,17)(H,19,20). The van der Waals surface area contributed by atoms with Crippen molar-refractivity contribution in [1.82, 2.24) is 24.7 Å². The first-order valence-corrected chi connectivity index (χ1v) is 5.83. The van der Waals surface area contributed by atoms with Crippen molar-refractivity contribution in [3.63, 3.8) is 0 Å². The van der Waals surface area contributed by atoms with Crippen LogP contribution in [0.1, 0.15) is 29.1 Å². The Hall–Kier alpha value is -2.77. The Balaban J connectivity index is 2.15. The average Bonchev–Trinajstić information content (AvgIpc) is 3.05. The molecule has 0 aliphatic heterocycles. The molecular formula is C12H10FN5O2. The van der Waals surface area contributed by atoms with E-state index in [4.69, 9.17) is 5.11 Å². The molecule has 3 rings (SSSR count). The van der Waals surface area contributed by atoms with Crippen LogP contribution < -0.4 is 0 Å². The number of halogens is 1. The van der Waals surface area contributed by atoms with Crippen LogP contribution in [0.2, 0.25) is 0 Å². The Morgan fingerprint density at radius 1 is 1.50 bits per heavy atom. The number of H-pyrrole nitrogens is 1. The van der Waals surface area contributed by atoms with Crippen molar-refractivity contribution in [3.05, 3.63) is 42.0 Å². The number of carboxylic acid groups (broad SMARTS) is 1. The highest BCUT2D eigenvalue weighted by Gasteiger charge is 2.18. The number of aromatic nitrogens is 5. The van der Waals surface area contributed by atoms with Crippen molar-refractivity contribution in [2.75, 3.05) is 0 Å². The number of rotatable bonds is 3. The number of nitrogens with one attached hydrogen (secondary N) is 1. The van der Waals surface area contributed by atoms with Crippen LogP contribution in [0.3, 0.4) is 0 Å². The smallest absolute Gasteiger partial charge is 0.338 e. The van der Waals surface area contributed by atoms with E-state index in [9.17, 15) is 9.18 Å². The Labute approximate surface area is 112 Å². The van der Waals surface area contributed by atoms with Crippen LogP contribution in [0, 0.1) is 5.82 Å². The maximum Gasteiger partial charge on any atom is 0.338 e. The fraction of sp³-hybridized carbons (Fsp3) is 0.167. The van der Waals surface area contributed by atoms with E-state index in [0.29, 0.717) is 11.3 Å². The van der Waals surface area contributed by atoms with Gasteiger partial charge in [-0.05, 0) is 19.1 Å². The van der Waals surface area contributed by atoms with Crippen molar-refractivity contribution in [2.45, 2.75) is 13.0 Å². The fourth-order valence-corrected chi connectivity index (χ4v) is 2.00. The van der Waals surface area contributed by atoms with Crippen LogP contribution in [-0.4, -0.2) is 35.8 Å². The van der Waals surface area contributed by atoms with Crippen LogP contribution in [0.4, 0.5) is 4.39 Å². The van der Waals surface area contributed by atoms with Gasteiger partial charge in [0.2, 0.25) is 0 Å². The number of nitrogens with zero attached hydrogens (tertiary/aromatic N) is 4. The van der Waals surface area contributed by atoms with E-state index in [0.717, 1.165) is 6.07 Å². The number of benzene rings is 1. The first-order chi connectivity index (χ1) is 9.56. The quantitative estimate of drug-likeness (QED) is 0.756. The summed E-state index contributed by atoms with van der Waals surface area (Å²) in [6.45, 7) is 1.82. The van der Waals surface area contributed by atoms with E-state index in [1.54, 1.807) is 4.68 Å².